The van der Waals surface area contributed by atoms with Crippen LogP contribution in [-0.4, -0.2) is 31.7 Å². The molecule has 2 aromatic rings. The van der Waals surface area contributed by atoms with Crippen LogP contribution in [0, 0.1) is 13.8 Å². The number of hydrogen-bond donors (Lipinski definition) is 3. The van der Waals surface area contributed by atoms with Gasteiger partial charge in [0.05, 0.1) is 18.4 Å². The number of aryl methyl sites for hydroxylation is 2. The molecule has 0 fully saturated rings. The van der Waals surface area contributed by atoms with Crippen LogP contribution in [0.5, 0.6) is 0 Å². The summed E-state index contributed by atoms with van der Waals surface area (Å²) in [5.41, 5.74) is 1.76. The second-order valence-electron chi connectivity index (χ2n) is 5.60. The van der Waals surface area contributed by atoms with Gasteiger partial charge in [-0.3, -0.25) is 4.79 Å². The van der Waals surface area contributed by atoms with Crippen LogP contribution in [0.4, 0.5) is 5.69 Å². The average Bonchev–Trinajstić information content (AvgIpc) is 2.96. The fraction of sp³-hybridized carbons (Fsp3) is 0.250. The lowest BCUT2D eigenvalue weighted by Gasteiger charge is -2.10. The zero-order valence-corrected chi connectivity index (χ0v) is 14.7. The number of carbonyl (C=O) groups excluding carboxylic acids is 1. The van der Waals surface area contributed by atoms with Gasteiger partial charge in [0, 0.05) is 5.69 Å². The van der Waals surface area contributed by atoms with Crippen molar-refractivity contribution in [2.75, 3.05) is 11.6 Å². The zero-order chi connectivity index (χ0) is 18.8. The maximum Gasteiger partial charge on any atom is 0.336 e. The summed E-state index contributed by atoms with van der Waals surface area (Å²) in [5.74, 6) is -1.38. The Bertz CT molecular complexity index is 930. The van der Waals surface area contributed by atoms with Crippen molar-refractivity contribution in [3.8, 4) is 0 Å². The highest BCUT2D eigenvalue weighted by Gasteiger charge is 2.16. The largest absolute Gasteiger partial charge is 0.478 e. The minimum atomic E-state index is -3.37. The second kappa shape index (κ2) is 7.08. The van der Waals surface area contributed by atoms with E-state index in [0.29, 0.717) is 16.8 Å². The number of hydrogen-bond acceptors (Lipinski definition) is 5. The Morgan fingerprint density at radius 2 is 1.84 bits per heavy atom. The third kappa shape index (κ3) is 4.91. The van der Waals surface area contributed by atoms with E-state index in [1.807, 2.05) is 0 Å². The maximum absolute atomic E-state index is 12.3. The van der Waals surface area contributed by atoms with Gasteiger partial charge in [-0.1, -0.05) is 6.07 Å². The molecule has 1 aromatic carbocycles. The molecule has 0 bridgehead atoms. The molecule has 0 aliphatic heterocycles. The molecular formula is C16H18N2O6S. The van der Waals surface area contributed by atoms with Crippen molar-refractivity contribution in [1.29, 1.82) is 0 Å². The first-order chi connectivity index (χ1) is 11.6. The number of nitrogens with one attached hydrogen (secondary N) is 2. The molecular weight excluding hydrogens is 348 g/mol. The lowest BCUT2D eigenvalue weighted by Crippen LogP contribution is -2.20. The molecule has 0 spiro atoms. The summed E-state index contributed by atoms with van der Waals surface area (Å²) < 4.78 is 29.7. The first-order valence-electron chi connectivity index (χ1n) is 7.26. The van der Waals surface area contributed by atoms with Crippen LogP contribution in [0.2, 0.25) is 0 Å². The third-order valence-electron chi connectivity index (χ3n) is 3.44. The summed E-state index contributed by atoms with van der Waals surface area (Å²) in [6.45, 7) is 3.35. The lowest BCUT2D eigenvalue weighted by atomic mass is 10.0. The number of anilines is 1. The molecule has 8 nitrogen and oxygen atoms in total. The topological polar surface area (TPSA) is 126 Å². The predicted molar refractivity (Wildman–Crippen MR) is 91.2 cm³/mol. The number of rotatable bonds is 6. The van der Waals surface area contributed by atoms with Crippen LogP contribution in [0.15, 0.2) is 28.7 Å². The van der Waals surface area contributed by atoms with E-state index in [1.165, 1.54) is 18.2 Å². The molecule has 1 heterocycles. The molecule has 0 unspecified atom stereocenters. The molecule has 1 aromatic heterocycles. The Morgan fingerprint density at radius 3 is 2.44 bits per heavy atom. The van der Waals surface area contributed by atoms with Crippen LogP contribution in [0.3, 0.4) is 0 Å². The molecule has 134 valence electrons. The molecule has 9 heteroatoms. The number of furan rings is 1. The Kier molecular flexibility index (Phi) is 5.29. The fourth-order valence-corrected chi connectivity index (χ4v) is 2.60. The van der Waals surface area contributed by atoms with Gasteiger partial charge >= 0.3 is 5.97 Å². The molecule has 1 amide bonds. The first-order valence-corrected chi connectivity index (χ1v) is 9.15. The van der Waals surface area contributed by atoms with Gasteiger partial charge in [0.15, 0.2) is 5.76 Å². The van der Waals surface area contributed by atoms with Crippen molar-refractivity contribution in [3.63, 3.8) is 0 Å². The molecule has 25 heavy (non-hydrogen) atoms. The highest BCUT2D eigenvalue weighted by Crippen LogP contribution is 2.22. The lowest BCUT2D eigenvalue weighted by molar-refractivity contribution is 0.0695. The third-order valence-corrected chi connectivity index (χ3v) is 4.11. The van der Waals surface area contributed by atoms with E-state index in [0.717, 1.165) is 6.26 Å². The SMILES string of the molecule is Cc1cc(C)c(C(=O)O)cc1NC(=O)c1ccc(CNS(C)(=O)=O)o1. The highest BCUT2D eigenvalue weighted by molar-refractivity contribution is 7.88. The number of aromatic carboxylic acids is 1. The van der Waals surface area contributed by atoms with Gasteiger partial charge in [-0.2, -0.15) is 0 Å². The van der Waals surface area contributed by atoms with E-state index in [4.69, 9.17) is 4.42 Å². The monoisotopic (exact) mass is 366 g/mol. The van der Waals surface area contributed by atoms with Crippen molar-refractivity contribution in [1.82, 2.24) is 4.72 Å². The number of carbonyl (C=O) groups is 2. The average molecular weight is 366 g/mol. The second-order valence-corrected chi connectivity index (χ2v) is 7.43. The predicted octanol–water partition coefficient (Wildman–Crippen LogP) is 1.90. The van der Waals surface area contributed by atoms with E-state index >= 15 is 0 Å². The number of carboxylic acid groups (broad SMARTS) is 1. The van der Waals surface area contributed by atoms with Gasteiger partial charge in [0.1, 0.15) is 5.76 Å². The van der Waals surface area contributed by atoms with Gasteiger partial charge in [-0.15, -0.1) is 0 Å². The van der Waals surface area contributed by atoms with Crippen LogP contribution in [0.25, 0.3) is 0 Å². The molecule has 0 saturated heterocycles. The number of benzene rings is 1. The van der Waals surface area contributed by atoms with E-state index in [2.05, 4.69) is 10.0 Å². The fourth-order valence-electron chi connectivity index (χ4n) is 2.20. The number of carboxylic acids is 1. The van der Waals surface area contributed by atoms with Gasteiger partial charge < -0.3 is 14.8 Å². The molecule has 0 aliphatic rings. The van der Waals surface area contributed by atoms with E-state index in [9.17, 15) is 23.1 Å². The summed E-state index contributed by atoms with van der Waals surface area (Å²) in [5, 5.41) is 11.8. The van der Waals surface area contributed by atoms with E-state index < -0.39 is 21.9 Å². The van der Waals surface area contributed by atoms with Crippen molar-refractivity contribution in [2.24, 2.45) is 0 Å². The van der Waals surface area contributed by atoms with Crippen molar-refractivity contribution < 1.29 is 27.5 Å². The van der Waals surface area contributed by atoms with Gasteiger partial charge in [-0.05, 0) is 43.2 Å². The number of amides is 1. The van der Waals surface area contributed by atoms with E-state index in [1.54, 1.807) is 19.9 Å². The molecule has 0 aliphatic carbocycles. The molecule has 0 atom stereocenters. The van der Waals surface area contributed by atoms with Crippen LogP contribution in [-0.2, 0) is 16.6 Å². The van der Waals surface area contributed by atoms with Crippen LogP contribution in [0.1, 0.15) is 37.8 Å². The van der Waals surface area contributed by atoms with E-state index in [-0.39, 0.29) is 23.6 Å². The van der Waals surface area contributed by atoms with Crippen molar-refractivity contribution in [3.05, 3.63) is 52.5 Å². The number of sulfonamides is 1. The smallest absolute Gasteiger partial charge is 0.336 e. The highest BCUT2D eigenvalue weighted by atomic mass is 32.2. The van der Waals surface area contributed by atoms with Gasteiger partial charge in [-0.25, -0.2) is 17.9 Å². The van der Waals surface area contributed by atoms with Gasteiger partial charge in [0.2, 0.25) is 10.0 Å². The molecule has 0 radical (unpaired) electrons. The quantitative estimate of drug-likeness (QED) is 0.717. The minimum absolute atomic E-state index is 0.0119. The first kappa shape index (κ1) is 18.7. The van der Waals surface area contributed by atoms with Gasteiger partial charge in [0.25, 0.3) is 5.91 Å². The Balaban J connectivity index is 2.16. The summed E-state index contributed by atoms with van der Waals surface area (Å²) in [6, 6.07) is 5.96. The Morgan fingerprint density at radius 1 is 1.16 bits per heavy atom. The van der Waals surface area contributed by atoms with Crippen molar-refractivity contribution in [2.45, 2.75) is 20.4 Å². The molecule has 2 rings (SSSR count). The van der Waals surface area contributed by atoms with Crippen LogP contribution < -0.4 is 10.0 Å². The van der Waals surface area contributed by atoms with Crippen molar-refractivity contribution >= 4 is 27.6 Å². The van der Waals surface area contributed by atoms with Crippen LogP contribution >= 0.6 is 0 Å². The summed E-state index contributed by atoms with van der Waals surface area (Å²) >= 11 is 0. The minimum Gasteiger partial charge on any atom is -0.478 e. The maximum atomic E-state index is 12.3. The molecule has 3 N–H and O–H groups in total. The summed E-state index contributed by atoms with van der Waals surface area (Å²) in [4.78, 5) is 23.5. The zero-order valence-electron chi connectivity index (χ0n) is 13.9. The Hall–Kier alpha value is -2.65. The summed E-state index contributed by atoms with van der Waals surface area (Å²) in [7, 11) is -3.37. The molecule has 0 saturated carbocycles. The standard InChI is InChI=1S/C16H18N2O6S/c1-9-6-10(2)13(7-12(9)16(20)21)18-15(19)14-5-4-11(24-14)8-17-25(3,22)23/h4-7,17H,8H2,1-3H3,(H,18,19)(H,20,21). The summed E-state index contributed by atoms with van der Waals surface area (Å²) in [6.07, 6.45) is 1.02. The normalized spacial score (nSPS) is 11.3. The Labute approximate surface area is 144 Å².